The van der Waals surface area contributed by atoms with Gasteiger partial charge in [-0.05, 0) is 25.0 Å². The molecule has 0 spiro atoms. The molecule has 2 atom stereocenters. The van der Waals surface area contributed by atoms with Gasteiger partial charge < -0.3 is 19.1 Å². The maximum Gasteiger partial charge on any atom is 0.422 e. The summed E-state index contributed by atoms with van der Waals surface area (Å²) in [5.74, 6) is -1.36. The number of aliphatic carboxylic acids is 1. The average molecular weight is 359 g/mol. The molecule has 1 fully saturated rings. The SMILES string of the molecule is O=C(O)C1CCOC(Cc2noc3cccc(OCC(F)(F)F)c23)C1. The van der Waals surface area contributed by atoms with Crippen LogP contribution in [0.5, 0.6) is 5.75 Å². The van der Waals surface area contributed by atoms with Gasteiger partial charge in [0.1, 0.15) is 5.75 Å². The highest BCUT2D eigenvalue weighted by Crippen LogP contribution is 2.32. The second-order valence-corrected chi connectivity index (χ2v) is 5.92. The van der Waals surface area contributed by atoms with Crippen LogP contribution in [-0.4, -0.2) is 41.7 Å². The molecule has 1 aromatic carbocycles. The van der Waals surface area contributed by atoms with Gasteiger partial charge in [-0.15, -0.1) is 0 Å². The maximum atomic E-state index is 12.4. The minimum atomic E-state index is -4.46. The number of rotatable bonds is 5. The Morgan fingerprint density at radius 2 is 2.20 bits per heavy atom. The summed E-state index contributed by atoms with van der Waals surface area (Å²) in [6, 6.07) is 4.51. The molecule has 1 aliphatic heterocycles. The molecule has 6 nitrogen and oxygen atoms in total. The fourth-order valence-electron chi connectivity index (χ4n) is 2.90. The summed E-state index contributed by atoms with van der Waals surface area (Å²) in [7, 11) is 0. The summed E-state index contributed by atoms with van der Waals surface area (Å²) in [6.45, 7) is -1.10. The van der Waals surface area contributed by atoms with Crippen LogP contribution >= 0.6 is 0 Å². The lowest BCUT2D eigenvalue weighted by Crippen LogP contribution is -2.31. The number of carboxylic acid groups (broad SMARTS) is 1. The van der Waals surface area contributed by atoms with Crippen molar-refractivity contribution in [2.24, 2.45) is 5.92 Å². The second kappa shape index (κ2) is 6.91. The summed E-state index contributed by atoms with van der Waals surface area (Å²) < 4.78 is 52.9. The van der Waals surface area contributed by atoms with Crippen LogP contribution in [0.25, 0.3) is 11.0 Å². The van der Waals surface area contributed by atoms with Crippen LogP contribution in [0.2, 0.25) is 0 Å². The van der Waals surface area contributed by atoms with E-state index in [0.717, 1.165) is 0 Å². The third kappa shape index (κ3) is 4.22. The molecule has 3 rings (SSSR count). The van der Waals surface area contributed by atoms with Crippen molar-refractivity contribution in [2.45, 2.75) is 31.5 Å². The molecule has 2 aromatic rings. The molecule has 1 saturated heterocycles. The van der Waals surface area contributed by atoms with Crippen molar-refractivity contribution in [3.8, 4) is 5.75 Å². The number of hydrogen-bond donors (Lipinski definition) is 1. The molecular weight excluding hydrogens is 343 g/mol. The molecule has 25 heavy (non-hydrogen) atoms. The molecule has 1 aromatic heterocycles. The van der Waals surface area contributed by atoms with Gasteiger partial charge in [0.15, 0.2) is 12.2 Å². The van der Waals surface area contributed by atoms with Crippen LogP contribution in [0.3, 0.4) is 0 Å². The van der Waals surface area contributed by atoms with Gasteiger partial charge in [0.2, 0.25) is 0 Å². The molecule has 0 amide bonds. The van der Waals surface area contributed by atoms with Crippen LogP contribution in [-0.2, 0) is 16.0 Å². The van der Waals surface area contributed by atoms with Crippen LogP contribution in [0, 0.1) is 5.92 Å². The number of nitrogens with zero attached hydrogens (tertiary/aromatic N) is 1. The Morgan fingerprint density at radius 1 is 1.40 bits per heavy atom. The third-order valence-electron chi connectivity index (χ3n) is 4.06. The average Bonchev–Trinajstić information content (AvgIpc) is 2.96. The smallest absolute Gasteiger partial charge is 0.422 e. The van der Waals surface area contributed by atoms with Gasteiger partial charge in [0, 0.05) is 13.0 Å². The molecule has 0 bridgehead atoms. The van der Waals surface area contributed by atoms with E-state index in [0.29, 0.717) is 36.1 Å². The lowest BCUT2D eigenvalue weighted by molar-refractivity contribution is -0.153. The zero-order valence-electron chi connectivity index (χ0n) is 13.1. The second-order valence-electron chi connectivity index (χ2n) is 5.92. The van der Waals surface area contributed by atoms with E-state index >= 15 is 0 Å². The number of carbonyl (C=O) groups is 1. The molecule has 1 aliphatic rings. The monoisotopic (exact) mass is 359 g/mol. The first-order chi connectivity index (χ1) is 11.8. The Bertz CT molecular complexity index is 758. The molecule has 0 aliphatic carbocycles. The predicted molar refractivity (Wildman–Crippen MR) is 79.4 cm³/mol. The Balaban J connectivity index is 1.81. The largest absolute Gasteiger partial charge is 0.483 e. The zero-order valence-corrected chi connectivity index (χ0v) is 13.1. The Kier molecular flexibility index (Phi) is 4.85. The number of carboxylic acids is 1. The quantitative estimate of drug-likeness (QED) is 0.883. The molecule has 9 heteroatoms. The van der Waals surface area contributed by atoms with E-state index in [4.69, 9.17) is 19.1 Å². The molecule has 0 radical (unpaired) electrons. The highest BCUT2D eigenvalue weighted by molar-refractivity contribution is 5.86. The van der Waals surface area contributed by atoms with E-state index in [1.54, 1.807) is 6.07 Å². The summed E-state index contributed by atoms with van der Waals surface area (Å²) >= 11 is 0. The molecule has 136 valence electrons. The van der Waals surface area contributed by atoms with Crippen molar-refractivity contribution in [3.05, 3.63) is 23.9 Å². The summed E-state index contributed by atoms with van der Waals surface area (Å²) in [5.41, 5.74) is 0.698. The summed E-state index contributed by atoms with van der Waals surface area (Å²) in [5, 5.41) is 13.4. The number of aromatic nitrogens is 1. The predicted octanol–water partition coefficient (Wildman–Crippen LogP) is 3.19. The Labute approximate surface area is 140 Å². The maximum absolute atomic E-state index is 12.4. The Morgan fingerprint density at radius 3 is 2.92 bits per heavy atom. The van der Waals surface area contributed by atoms with E-state index in [1.807, 2.05) is 0 Å². The first kappa shape index (κ1) is 17.5. The van der Waals surface area contributed by atoms with Crippen LogP contribution < -0.4 is 4.74 Å². The van der Waals surface area contributed by atoms with E-state index < -0.39 is 24.7 Å². The first-order valence-electron chi connectivity index (χ1n) is 7.74. The van der Waals surface area contributed by atoms with Gasteiger partial charge in [-0.3, -0.25) is 4.79 Å². The van der Waals surface area contributed by atoms with Crippen molar-refractivity contribution >= 4 is 16.9 Å². The number of ether oxygens (including phenoxy) is 2. The molecule has 2 heterocycles. The molecule has 0 saturated carbocycles. The molecule has 1 N–H and O–H groups in total. The number of alkyl halides is 3. The highest BCUT2D eigenvalue weighted by Gasteiger charge is 2.31. The summed E-state index contributed by atoms with van der Waals surface area (Å²) in [6.07, 6.45) is -3.86. The number of hydrogen-bond acceptors (Lipinski definition) is 5. The van der Waals surface area contributed by atoms with E-state index in [2.05, 4.69) is 5.16 Å². The van der Waals surface area contributed by atoms with Crippen LogP contribution in [0.1, 0.15) is 18.5 Å². The van der Waals surface area contributed by atoms with E-state index in [1.165, 1.54) is 12.1 Å². The van der Waals surface area contributed by atoms with Gasteiger partial charge in [-0.1, -0.05) is 11.2 Å². The first-order valence-corrected chi connectivity index (χ1v) is 7.74. The van der Waals surface area contributed by atoms with Crippen LogP contribution in [0.4, 0.5) is 13.2 Å². The van der Waals surface area contributed by atoms with Crippen molar-refractivity contribution in [1.29, 1.82) is 0 Å². The van der Waals surface area contributed by atoms with Gasteiger partial charge in [-0.2, -0.15) is 13.2 Å². The molecule has 2 unspecified atom stereocenters. The minimum Gasteiger partial charge on any atom is -0.483 e. The zero-order chi connectivity index (χ0) is 18.0. The van der Waals surface area contributed by atoms with Crippen molar-refractivity contribution in [2.75, 3.05) is 13.2 Å². The van der Waals surface area contributed by atoms with Crippen molar-refractivity contribution < 1.29 is 37.1 Å². The summed E-state index contributed by atoms with van der Waals surface area (Å²) in [4.78, 5) is 11.1. The van der Waals surface area contributed by atoms with Crippen LogP contribution in [0.15, 0.2) is 22.7 Å². The highest BCUT2D eigenvalue weighted by atomic mass is 19.4. The lowest BCUT2D eigenvalue weighted by Gasteiger charge is -2.26. The van der Waals surface area contributed by atoms with Crippen molar-refractivity contribution in [1.82, 2.24) is 5.16 Å². The van der Waals surface area contributed by atoms with Gasteiger partial charge in [-0.25, -0.2) is 0 Å². The van der Waals surface area contributed by atoms with E-state index in [-0.39, 0.29) is 18.3 Å². The van der Waals surface area contributed by atoms with E-state index in [9.17, 15) is 18.0 Å². The molecular formula is C16H16F3NO5. The van der Waals surface area contributed by atoms with Gasteiger partial charge in [0.05, 0.1) is 23.1 Å². The number of benzene rings is 1. The standard InChI is InChI=1S/C16H16F3NO5/c17-16(18,19)8-24-12-2-1-3-13-14(12)11(20-25-13)7-10-6-9(15(21)22)4-5-23-10/h1-3,9-10H,4-8H2,(H,21,22). The fraction of sp³-hybridized carbons (Fsp3) is 0.500. The van der Waals surface area contributed by atoms with Crippen molar-refractivity contribution in [3.63, 3.8) is 0 Å². The van der Waals surface area contributed by atoms with Gasteiger partial charge >= 0.3 is 12.1 Å². The topological polar surface area (TPSA) is 81.8 Å². The fourth-order valence-corrected chi connectivity index (χ4v) is 2.90. The minimum absolute atomic E-state index is 0.0247. The Hall–Kier alpha value is -2.29. The lowest BCUT2D eigenvalue weighted by atomic mass is 9.93. The number of halogens is 3. The van der Waals surface area contributed by atoms with Gasteiger partial charge in [0.25, 0.3) is 0 Å². The normalized spacial score (nSPS) is 21.4. The number of fused-ring (bicyclic) bond motifs is 1. The third-order valence-corrected chi connectivity index (χ3v) is 4.06.